The number of fused-ring (bicyclic) bond motifs is 5. The number of carbonyl (C=O) groups is 14. The van der Waals surface area contributed by atoms with E-state index >= 15 is 9.59 Å². The van der Waals surface area contributed by atoms with Crippen LogP contribution in [0.5, 0.6) is 0 Å². The molecule has 0 radical (unpaired) electrons. The minimum Gasteiger partial charge on any atom is -0.394 e. The lowest BCUT2D eigenvalue weighted by molar-refractivity contribution is -0.145. The van der Waals surface area contributed by atoms with Gasteiger partial charge < -0.3 is 67.7 Å². The molecule has 12 N–H and O–H groups in total. The van der Waals surface area contributed by atoms with Gasteiger partial charge in [-0.1, -0.05) is 78.3 Å². The van der Waals surface area contributed by atoms with Gasteiger partial charge in [0.1, 0.15) is 12.1 Å². The summed E-state index contributed by atoms with van der Waals surface area (Å²) >= 11 is 1.06. The number of nitrogens with one attached hydrogen (secondary N) is 9. The van der Waals surface area contributed by atoms with Crippen LogP contribution in [-0.4, -0.2) is 193 Å². The number of aliphatic hydroxyl groups excluding tert-OH is 3. The zero-order chi connectivity index (χ0) is 68.0. The Morgan fingerprint density at radius 1 is 0.763 bits per heavy atom. The molecule has 3 unspecified atom stereocenters. The van der Waals surface area contributed by atoms with Crippen molar-refractivity contribution in [3.63, 3.8) is 0 Å². The maximum Gasteiger partial charge on any atom is 0.253 e. The van der Waals surface area contributed by atoms with E-state index in [1.165, 1.54) is 13.8 Å². The minimum atomic E-state index is -1.63. The molecule has 7 rings (SSSR count). The van der Waals surface area contributed by atoms with E-state index < -0.39 is 200 Å². The minimum absolute atomic E-state index is 0.143. The fourth-order valence-corrected chi connectivity index (χ4v) is 12.7. The summed E-state index contributed by atoms with van der Waals surface area (Å²) in [5.41, 5.74) is 1.91. The first kappa shape index (κ1) is 71.8. The van der Waals surface area contributed by atoms with Crippen molar-refractivity contribution in [3.05, 3.63) is 71.8 Å². The first-order chi connectivity index (χ1) is 44.2. The number of rotatable bonds is 19. The summed E-state index contributed by atoms with van der Waals surface area (Å²) < 4.78 is 0. The number of Topliss-reactive ketones (excluding diaryl/α,β-unsaturated/α-hetero) is 3. The van der Waals surface area contributed by atoms with Crippen LogP contribution < -0.4 is 42.5 Å². The molecule has 93 heavy (non-hydrogen) atoms. The number of benzene rings is 2. The molecule has 4 aliphatic heterocycles. The van der Waals surface area contributed by atoms with E-state index in [1.807, 2.05) is 0 Å². The van der Waals surface area contributed by atoms with Crippen molar-refractivity contribution in [3.8, 4) is 0 Å². The third-order valence-corrected chi connectivity index (χ3v) is 18.5. The molecule has 11 amide bonds. The van der Waals surface area contributed by atoms with Crippen LogP contribution in [0.4, 0.5) is 5.69 Å². The Bertz CT molecular complexity index is 3370. The van der Waals surface area contributed by atoms with E-state index in [0.29, 0.717) is 39.2 Å². The number of imide groups is 1. The number of para-hydroxylation sites is 1. The zero-order valence-corrected chi connectivity index (χ0v) is 53.6. The molecule has 502 valence electrons. The van der Waals surface area contributed by atoms with Crippen LogP contribution in [0.1, 0.15) is 97.6 Å². The van der Waals surface area contributed by atoms with Gasteiger partial charge in [0.15, 0.2) is 17.3 Å². The number of nitrogens with zero attached hydrogens (tertiary/aromatic N) is 2. The largest absolute Gasteiger partial charge is 0.394 e. The Morgan fingerprint density at radius 2 is 1.43 bits per heavy atom. The summed E-state index contributed by atoms with van der Waals surface area (Å²) in [5, 5.41) is 54.4. The van der Waals surface area contributed by atoms with Gasteiger partial charge in [0, 0.05) is 110 Å². The monoisotopic (exact) mass is 1310 g/mol. The average molecular weight is 1310 g/mol. The van der Waals surface area contributed by atoms with Gasteiger partial charge in [-0.05, 0) is 47.6 Å². The molecule has 1 saturated heterocycles. The van der Waals surface area contributed by atoms with Crippen molar-refractivity contribution < 1.29 is 82.4 Å². The Hall–Kier alpha value is -8.67. The predicted molar refractivity (Wildman–Crippen MR) is 336 cm³/mol. The third-order valence-electron chi connectivity index (χ3n) is 17.3. The SMILES string of the molecule is CC[C@H](C)[C@@H]1NC(=O)CNC(=O)C2CC(=O)[C@H]([C@@H](C)[C@@H](O)CO)NC(=O)[C@@H]3CC(O)CN3C(=O)[C@H](CC(=O)NCc3ccc(NC(=O)[C@H](C)CC(=O)C(NC(=O)CCN4C(=O)C=CC4=O)C(C)C)cc3)CC(=O)[C@H](CSc3[nH]c4ccccc4c3C2)NC(=O)CNC1=O. The Morgan fingerprint density at radius 3 is 2.10 bits per heavy atom. The van der Waals surface area contributed by atoms with Crippen LogP contribution in [0.15, 0.2) is 65.7 Å². The van der Waals surface area contributed by atoms with Gasteiger partial charge in [-0.25, -0.2) is 0 Å². The lowest BCUT2D eigenvalue weighted by Gasteiger charge is -2.32. The standard InChI is InChI=1S/C64H83N11O17S/c1-7-33(4)57-62(91)67-27-52(84)69-44-31-93-63-42(41-10-8-9-11-43(41)70-63)21-37(60(89)66-28-53(85)72-57)22-48(80)58(35(6)49(81)30-76)73-61(90)45-25-40(77)29-75(45)64(92)38(23-46(44)78)24-51(83)65-26-36-12-14-39(15-13-36)68-59(88)34(5)20-47(79)56(32(2)3)71-50(82)18-19-74-54(86)16-17-55(74)87/h8-17,32-35,37-38,40,44-45,49,56-58,70,76-77,81H,7,18-31H2,1-6H3,(H,65,83)(H,66,89)(H,67,91)(H,68,88)(H,69,84)(H,71,82)(H,72,85)(H,73,90)/t33-,34+,35-,37?,38-,40?,44-,45-,49-,56?,57-,58-/m0/s1. The van der Waals surface area contributed by atoms with Gasteiger partial charge in [-0.3, -0.25) is 72.0 Å². The van der Waals surface area contributed by atoms with Crippen molar-refractivity contribution >= 4 is 111 Å². The highest BCUT2D eigenvalue weighted by atomic mass is 32.2. The van der Waals surface area contributed by atoms with Crippen LogP contribution in [-0.2, 0) is 80.1 Å². The molecule has 29 heteroatoms. The van der Waals surface area contributed by atoms with Gasteiger partial charge in [0.2, 0.25) is 53.2 Å². The fourth-order valence-electron chi connectivity index (χ4n) is 11.6. The van der Waals surface area contributed by atoms with E-state index in [0.717, 1.165) is 33.7 Å². The summed E-state index contributed by atoms with van der Waals surface area (Å²) in [6.07, 6.45) is -3.42. The molecular formula is C64H83N11O17S. The Balaban J connectivity index is 1.14. The Kier molecular flexibility index (Phi) is 25.3. The van der Waals surface area contributed by atoms with Crippen LogP contribution in [0.25, 0.3) is 10.9 Å². The summed E-state index contributed by atoms with van der Waals surface area (Å²) in [7, 11) is 0. The lowest BCUT2D eigenvalue weighted by atomic mass is 9.85. The molecule has 1 aromatic heterocycles. The second-order valence-electron chi connectivity index (χ2n) is 24.6. The number of ketones is 3. The lowest BCUT2D eigenvalue weighted by Crippen LogP contribution is -2.56. The highest BCUT2D eigenvalue weighted by Crippen LogP contribution is 2.35. The van der Waals surface area contributed by atoms with E-state index in [-0.39, 0.29) is 50.4 Å². The molecule has 3 aromatic rings. The van der Waals surface area contributed by atoms with Gasteiger partial charge in [-0.2, -0.15) is 0 Å². The molecular weight excluding hydrogens is 1230 g/mol. The van der Waals surface area contributed by atoms with Gasteiger partial charge >= 0.3 is 0 Å². The first-order valence-corrected chi connectivity index (χ1v) is 32.2. The van der Waals surface area contributed by atoms with Crippen LogP contribution in [0.3, 0.4) is 0 Å². The highest BCUT2D eigenvalue weighted by Gasteiger charge is 2.45. The number of aliphatic hydroxyl groups is 3. The second kappa shape index (κ2) is 32.7. The highest BCUT2D eigenvalue weighted by molar-refractivity contribution is 7.99. The van der Waals surface area contributed by atoms with Crippen molar-refractivity contribution in [2.75, 3.05) is 43.9 Å². The maximum absolute atomic E-state index is 15.1. The number of anilines is 1. The number of aromatic nitrogens is 1. The third kappa shape index (κ3) is 19.0. The van der Waals surface area contributed by atoms with Crippen LogP contribution in [0.2, 0.25) is 0 Å². The topological polar surface area (TPSA) is 418 Å². The molecule has 0 spiro atoms. The molecule has 5 heterocycles. The summed E-state index contributed by atoms with van der Waals surface area (Å²) in [5.74, 6) is -16.0. The van der Waals surface area contributed by atoms with E-state index in [2.05, 4.69) is 47.5 Å². The average Bonchev–Trinajstić information content (AvgIpc) is 1.69. The number of carbonyl (C=O) groups excluding carboxylic acids is 14. The van der Waals surface area contributed by atoms with E-state index in [9.17, 15) is 72.9 Å². The predicted octanol–water partition coefficient (Wildman–Crippen LogP) is -0.639. The summed E-state index contributed by atoms with van der Waals surface area (Å²) in [6.45, 7) is 6.87. The van der Waals surface area contributed by atoms with Gasteiger partial charge in [0.25, 0.3) is 11.8 Å². The molecule has 2 bridgehead atoms. The Labute approximate surface area is 541 Å². The van der Waals surface area contributed by atoms with E-state index in [1.54, 1.807) is 76.2 Å². The zero-order valence-electron chi connectivity index (χ0n) is 52.7. The van der Waals surface area contributed by atoms with Crippen molar-refractivity contribution in [1.29, 1.82) is 0 Å². The fraction of sp³-hybridized carbons (Fsp3) is 0.531. The van der Waals surface area contributed by atoms with Crippen molar-refractivity contribution in [2.45, 2.75) is 147 Å². The van der Waals surface area contributed by atoms with Crippen molar-refractivity contribution in [2.24, 2.45) is 35.5 Å². The normalized spacial score (nSPS) is 24.0. The number of hydrogen-bond acceptors (Lipinski definition) is 18. The van der Waals surface area contributed by atoms with Gasteiger partial charge in [-0.15, -0.1) is 11.8 Å². The number of thioether (sulfide) groups is 1. The molecule has 28 nitrogen and oxygen atoms in total. The molecule has 4 aliphatic rings. The molecule has 2 aromatic carbocycles. The van der Waals surface area contributed by atoms with E-state index in [4.69, 9.17) is 0 Å². The number of H-pyrrole nitrogens is 1. The summed E-state index contributed by atoms with van der Waals surface area (Å²) in [4.78, 5) is 198. The van der Waals surface area contributed by atoms with Gasteiger partial charge in [0.05, 0.1) is 61.0 Å². The molecule has 0 aliphatic carbocycles. The number of amides is 11. The first-order valence-electron chi connectivity index (χ1n) is 31.2. The summed E-state index contributed by atoms with van der Waals surface area (Å²) in [6, 6.07) is 6.49. The van der Waals surface area contributed by atoms with Crippen LogP contribution >= 0.6 is 11.8 Å². The smallest absolute Gasteiger partial charge is 0.253 e. The molecule has 0 saturated carbocycles. The molecule has 1 fully saturated rings. The molecule has 12 atom stereocenters. The van der Waals surface area contributed by atoms with Crippen molar-refractivity contribution in [1.82, 2.24) is 52.0 Å². The quantitative estimate of drug-likeness (QED) is 0.0664. The van der Waals surface area contributed by atoms with Crippen LogP contribution in [0, 0.1) is 35.5 Å². The number of hydrogen-bond donors (Lipinski definition) is 12. The maximum atomic E-state index is 15.1. The second-order valence-corrected chi connectivity index (χ2v) is 25.7. The number of aromatic amines is 1.